The number of rotatable bonds is 1. The van der Waals surface area contributed by atoms with Gasteiger partial charge in [0.2, 0.25) is 0 Å². The summed E-state index contributed by atoms with van der Waals surface area (Å²) in [5, 5.41) is 6.59. The molecule has 1 atom stereocenters. The first-order valence-electron chi connectivity index (χ1n) is 5.82. The summed E-state index contributed by atoms with van der Waals surface area (Å²) < 4.78 is 1.75. The number of Topliss-reactive ketones (excluding diaryl/α,β-unsaturated/α-hetero) is 1. The van der Waals surface area contributed by atoms with E-state index in [1.807, 2.05) is 18.5 Å². The third-order valence-electron chi connectivity index (χ3n) is 3.40. The summed E-state index contributed by atoms with van der Waals surface area (Å²) >= 11 is 1.68. The van der Waals surface area contributed by atoms with Crippen molar-refractivity contribution < 1.29 is 4.79 Å². The lowest BCUT2D eigenvalue weighted by atomic mass is 9.85. The lowest BCUT2D eigenvalue weighted by Gasteiger charge is -2.18. The smallest absolute Gasteiger partial charge is 0.181 e. The van der Waals surface area contributed by atoms with Gasteiger partial charge < -0.3 is 0 Å². The number of thiophene rings is 1. The Labute approximate surface area is 104 Å². The summed E-state index contributed by atoms with van der Waals surface area (Å²) in [5.41, 5.74) is 2.96. The molecule has 0 aliphatic heterocycles. The van der Waals surface area contributed by atoms with Crippen molar-refractivity contribution in [3.63, 3.8) is 0 Å². The monoisotopic (exact) mass is 246 g/mol. The highest BCUT2D eigenvalue weighted by molar-refractivity contribution is 7.13. The summed E-state index contributed by atoms with van der Waals surface area (Å²) in [7, 11) is 1.87. The second kappa shape index (κ2) is 3.81. The number of carbonyl (C=O) groups excluding carboxylic acids is 1. The van der Waals surface area contributed by atoms with E-state index in [2.05, 4.69) is 18.1 Å². The molecular weight excluding hydrogens is 232 g/mol. The Morgan fingerprint density at radius 3 is 3.06 bits per heavy atom. The number of ketones is 1. The van der Waals surface area contributed by atoms with Crippen LogP contribution in [-0.2, 0) is 7.05 Å². The van der Waals surface area contributed by atoms with E-state index < -0.39 is 0 Å². The molecule has 0 fully saturated rings. The quantitative estimate of drug-likeness (QED) is 0.774. The van der Waals surface area contributed by atoms with E-state index >= 15 is 0 Å². The van der Waals surface area contributed by atoms with Gasteiger partial charge in [-0.15, -0.1) is 11.3 Å². The van der Waals surface area contributed by atoms with Gasteiger partial charge in [0, 0.05) is 19.0 Å². The minimum Gasteiger partial charge on any atom is -0.292 e. The van der Waals surface area contributed by atoms with E-state index in [4.69, 9.17) is 0 Å². The predicted molar refractivity (Wildman–Crippen MR) is 68.5 cm³/mol. The molecule has 2 aromatic rings. The fourth-order valence-electron chi connectivity index (χ4n) is 2.54. The number of fused-ring (bicyclic) bond motifs is 1. The van der Waals surface area contributed by atoms with Crippen molar-refractivity contribution in [2.45, 2.75) is 25.7 Å². The third-order valence-corrected chi connectivity index (χ3v) is 4.28. The zero-order valence-electron chi connectivity index (χ0n) is 9.93. The molecule has 0 radical (unpaired) electrons. The zero-order valence-corrected chi connectivity index (χ0v) is 10.8. The number of hydrogen-bond acceptors (Lipinski definition) is 3. The van der Waals surface area contributed by atoms with Crippen molar-refractivity contribution in [1.29, 1.82) is 0 Å². The van der Waals surface area contributed by atoms with Crippen LogP contribution in [0.15, 0.2) is 17.5 Å². The van der Waals surface area contributed by atoms with Crippen molar-refractivity contribution >= 4 is 17.1 Å². The molecule has 1 unspecified atom stereocenters. The van der Waals surface area contributed by atoms with Gasteiger partial charge in [-0.05, 0) is 23.8 Å². The first kappa shape index (κ1) is 10.7. The van der Waals surface area contributed by atoms with Crippen LogP contribution in [0.2, 0.25) is 0 Å². The molecule has 1 aliphatic rings. The third kappa shape index (κ3) is 1.55. The fourth-order valence-corrected chi connectivity index (χ4v) is 3.27. The standard InChI is InChI=1S/C13H14N2OS/c1-8-5-6-9(16)13-11(8)12(14-15(13)2)10-4-3-7-17-10/h3-4,7-8H,5-6H2,1-2H3. The zero-order chi connectivity index (χ0) is 12.0. The molecular formula is C13H14N2OS. The van der Waals surface area contributed by atoms with Crippen LogP contribution in [0.4, 0.5) is 0 Å². The van der Waals surface area contributed by atoms with Gasteiger partial charge in [-0.1, -0.05) is 13.0 Å². The van der Waals surface area contributed by atoms with Gasteiger partial charge >= 0.3 is 0 Å². The molecule has 3 rings (SSSR count). The molecule has 0 spiro atoms. The summed E-state index contributed by atoms with van der Waals surface area (Å²) in [4.78, 5) is 13.1. The number of aromatic nitrogens is 2. The van der Waals surface area contributed by atoms with Crippen LogP contribution in [0.25, 0.3) is 10.6 Å². The average molecular weight is 246 g/mol. The predicted octanol–water partition coefficient (Wildman–Crippen LogP) is 3.23. The maximum atomic E-state index is 12.0. The maximum Gasteiger partial charge on any atom is 0.181 e. The molecule has 88 valence electrons. The highest BCUT2D eigenvalue weighted by atomic mass is 32.1. The highest BCUT2D eigenvalue weighted by Gasteiger charge is 2.30. The maximum absolute atomic E-state index is 12.0. The summed E-state index contributed by atoms with van der Waals surface area (Å²) in [6.45, 7) is 2.18. The topological polar surface area (TPSA) is 34.9 Å². The normalized spacial score (nSPS) is 19.4. The van der Waals surface area contributed by atoms with Crippen LogP contribution in [0.5, 0.6) is 0 Å². The molecule has 17 heavy (non-hydrogen) atoms. The van der Waals surface area contributed by atoms with Gasteiger partial charge in [-0.2, -0.15) is 5.10 Å². The Hall–Kier alpha value is -1.42. The fraction of sp³-hybridized carbons (Fsp3) is 0.385. The van der Waals surface area contributed by atoms with Gasteiger partial charge in [-0.25, -0.2) is 0 Å². The second-order valence-electron chi connectivity index (χ2n) is 4.57. The molecule has 0 saturated carbocycles. The minimum atomic E-state index is 0.232. The Bertz CT molecular complexity index is 569. The van der Waals surface area contributed by atoms with E-state index in [1.54, 1.807) is 16.0 Å². The second-order valence-corrected chi connectivity index (χ2v) is 5.52. The van der Waals surface area contributed by atoms with E-state index in [9.17, 15) is 4.79 Å². The van der Waals surface area contributed by atoms with Crippen LogP contribution >= 0.6 is 11.3 Å². The van der Waals surface area contributed by atoms with Crippen LogP contribution in [-0.4, -0.2) is 15.6 Å². The largest absolute Gasteiger partial charge is 0.292 e. The molecule has 0 bridgehead atoms. The van der Waals surface area contributed by atoms with Crippen molar-refractivity contribution in [2.75, 3.05) is 0 Å². The van der Waals surface area contributed by atoms with E-state index in [1.165, 1.54) is 0 Å². The molecule has 2 heterocycles. The molecule has 1 aliphatic carbocycles. The van der Waals surface area contributed by atoms with Crippen LogP contribution in [0, 0.1) is 0 Å². The molecule has 0 amide bonds. The highest BCUT2D eigenvalue weighted by Crippen LogP contribution is 2.39. The van der Waals surface area contributed by atoms with Gasteiger partial charge in [0.05, 0.1) is 4.88 Å². The number of nitrogens with zero attached hydrogens (tertiary/aromatic N) is 2. The van der Waals surface area contributed by atoms with Crippen molar-refractivity contribution in [3.05, 3.63) is 28.8 Å². The van der Waals surface area contributed by atoms with Crippen LogP contribution in [0.3, 0.4) is 0 Å². The lowest BCUT2D eigenvalue weighted by Crippen LogP contribution is -2.16. The average Bonchev–Trinajstić information content (AvgIpc) is 2.91. The number of carbonyl (C=O) groups is 1. The van der Waals surface area contributed by atoms with Crippen molar-refractivity contribution in [2.24, 2.45) is 7.05 Å². The van der Waals surface area contributed by atoms with E-state index in [0.717, 1.165) is 28.2 Å². The molecule has 2 aromatic heterocycles. The summed E-state index contributed by atoms with van der Waals surface area (Å²) in [6.07, 6.45) is 1.59. The first-order valence-corrected chi connectivity index (χ1v) is 6.70. The van der Waals surface area contributed by atoms with Gasteiger partial charge in [0.25, 0.3) is 0 Å². The summed E-state index contributed by atoms with van der Waals surface area (Å²) in [6, 6.07) is 4.09. The van der Waals surface area contributed by atoms with Crippen molar-refractivity contribution in [3.8, 4) is 10.6 Å². The van der Waals surface area contributed by atoms with Gasteiger partial charge in [0.15, 0.2) is 5.78 Å². The van der Waals surface area contributed by atoms with Gasteiger partial charge in [-0.3, -0.25) is 9.48 Å². The molecule has 0 N–H and O–H groups in total. The van der Waals surface area contributed by atoms with E-state index in [-0.39, 0.29) is 5.78 Å². The molecule has 0 saturated heterocycles. The number of hydrogen-bond donors (Lipinski definition) is 0. The number of aryl methyl sites for hydroxylation is 1. The minimum absolute atomic E-state index is 0.232. The summed E-state index contributed by atoms with van der Waals surface area (Å²) in [5.74, 6) is 0.657. The molecule has 4 heteroatoms. The Morgan fingerprint density at radius 2 is 2.35 bits per heavy atom. The molecule has 3 nitrogen and oxygen atoms in total. The van der Waals surface area contributed by atoms with Crippen LogP contribution in [0.1, 0.15) is 41.7 Å². The van der Waals surface area contributed by atoms with Gasteiger partial charge in [0.1, 0.15) is 11.4 Å². The Balaban J connectivity index is 2.25. The lowest BCUT2D eigenvalue weighted by molar-refractivity contribution is 0.0958. The SMILES string of the molecule is CC1CCC(=O)c2c1c(-c1cccs1)nn2C. The van der Waals surface area contributed by atoms with Crippen LogP contribution < -0.4 is 0 Å². The van der Waals surface area contributed by atoms with Crippen molar-refractivity contribution in [1.82, 2.24) is 9.78 Å². The Kier molecular flexibility index (Phi) is 2.40. The van der Waals surface area contributed by atoms with E-state index in [0.29, 0.717) is 12.3 Å². The first-order chi connectivity index (χ1) is 8.18. The molecule has 0 aromatic carbocycles. The Morgan fingerprint density at radius 1 is 1.53 bits per heavy atom.